The van der Waals surface area contributed by atoms with Crippen LogP contribution in [0.15, 0.2) is 71.5 Å². The third kappa shape index (κ3) is 5.55. The third-order valence-electron chi connectivity index (χ3n) is 6.58. The van der Waals surface area contributed by atoms with E-state index in [1.807, 2.05) is 66.4 Å². The van der Waals surface area contributed by atoms with Gasteiger partial charge in [-0.3, -0.25) is 4.79 Å². The van der Waals surface area contributed by atoms with Crippen molar-refractivity contribution in [3.63, 3.8) is 0 Å². The van der Waals surface area contributed by atoms with Gasteiger partial charge in [-0.05, 0) is 60.8 Å². The van der Waals surface area contributed by atoms with Gasteiger partial charge < -0.3 is 33.5 Å². The molecule has 4 aromatic rings. The lowest BCUT2D eigenvalue weighted by Crippen LogP contribution is -2.35. The van der Waals surface area contributed by atoms with E-state index in [2.05, 4.69) is 0 Å². The molecule has 4 rings (SSSR count). The van der Waals surface area contributed by atoms with E-state index in [9.17, 15) is 9.90 Å². The molecule has 0 saturated heterocycles. The van der Waals surface area contributed by atoms with Crippen LogP contribution in [0.3, 0.4) is 0 Å². The van der Waals surface area contributed by atoms with Crippen molar-refractivity contribution < 1.29 is 24.1 Å². The topological polar surface area (TPSA) is 82.4 Å². The number of ether oxygens (including phenoxy) is 4. The maximum absolute atomic E-state index is 13.1. The Hall–Kier alpha value is -4.17. The highest BCUT2D eigenvalue weighted by molar-refractivity contribution is 5.86. The Morgan fingerprint density at radius 2 is 1.66 bits per heavy atom. The highest BCUT2D eigenvalue weighted by atomic mass is 16.5. The summed E-state index contributed by atoms with van der Waals surface area (Å²) in [5.74, 6) is 2.40. The monoisotopic (exact) mass is 518 g/mol. The van der Waals surface area contributed by atoms with Crippen molar-refractivity contribution in [2.24, 2.45) is 7.05 Å². The van der Waals surface area contributed by atoms with Gasteiger partial charge in [-0.2, -0.15) is 0 Å². The first-order valence-corrected chi connectivity index (χ1v) is 12.4. The molecule has 0 aliphatic heterocycles. The van der Waals surface area contributed by atoms with Crippen LogP contribution in [0, 0.1) is 0 Å². The molecule has 1 N–H and O–H groups in total. The molecule has 8 heteroatoms. The Morgan fingerprint density at radius 3 is 2.37 bits per heavy atom. The van der Waals surface area contributed by atoms with E-state index in [0.717, 1.165) is 28.1 Å². The molecule has 0 bridgehead atoms. The Morgan fingerprint density at radius 1 is 0.895 bits per heavy atom. The molecule has 0 saturated carbocycles. The first-order valence-electron chi connectivity index (χ1n) is 12.4. The summed E-state index contributed by atoms with van der Waals surface area (Å²) in [6.45, 7) is 3.18. The molecular weight excluding hydrogens is 484 g/mol. The first kappa shape index (κ1) is 26.9. The second-order valence-corrected chi connectivity index (χ2v) is 8.89. The molecule has 8 nitrogen and oxygen atoms in total. The van der Waals surface area contributed by atoms with Crippen LogP contribution >= 0.6 is 0 Å². The number of anilines is 1. The maximum atomic E-state index is 13.1. The van der Waals surface area contributed by atoms with Gasteiger partial charge in [0.25, 0.3) is 5.56 Å². The highest BCUT2D eigenvalue weighted by Gasteiger charge is 2.17. The first-order chi connectivity index (χ1) is 18.4. The number of hydrogen-bond donors (Lipinski definition) is 1. The minimum atomic E-state index is -0.748. The summed E-state index contributed by atoms with van der Waals surface area (Å²) in [4.78, 5) is 15.1. The van der Waals surface area contributed by atoms with E-state index in [0.29, 0.717) is 35.7 Å². The van der Waals surface area contributed by atoms with Crippen LogP contribution in [0.2, 0.25) is 0 Å². The third-order valence-corrected chi connectivity index (χ3v) is 6.58. The summed E-state index contributed by atoms with van der Waals surface area (Å²) in [6, 6.07) is 20.6. The zero-order valence-corrected chi connectivity index (χ0v) is 22.4. The van der Waals surface area contributed by atoms with Gasteiger partial charge >= 0.3 is 0 Å². The predicted octanol–water partition coefficient (Wildman–Crippen LogP) is 4.50. The van der Waals surface area contributed by atoms with Gasteiger partial charge in [-0.15, -0.1) is 0 Å². The Labute approximate surface area is 222 Å². The van der Waals surface area contributed by atoms with Gasteiger partial charge in [0, 0.05) is 25.7 Å². The Kier molecular flexibility index (Phi) is 8.43. The number of aliphatic hydroxyl groups is 1. The fraction of sp³-hybridized carbons (Fsp3) is 0.300. The summed E-state index contributed by atoms with van der Waals surface area (Å²) in [5, 5.41) is 12.2. The van der Waals surface area contributed by atoms with Gasteiger partial charge in [-0.1, -0.05) is 18.2 Å². The maximum Gasteiger partial charge on any atom is 0.258 e. The van der Waals surface area contributed by atoms with E-state index in [1.54, 1.807) is 45.1 Å². The second-order valence-electron chi connectivity index (χ2n) is 8.89. The van der Waals surface area contributed by atoms with E-state index in [-0.39, 0.29) is 12.2 Å². The van der Waals surface area contributed by atoms with Crippen molar-refractivity contribution in [1.82, 2.24) is 4.57 Å². The van der Waals surface area contributed by atoms with E-state index < -0.39 is 6.10 Å². The molecule has 3 aromatic carbocycles. The van der Waals surface area contributed by atoms with Crippen molar-refractivity contribution in [3.8, 4) is 34.3 Å². The van der Waals surface area contributed by atoms with Gasteiger partial charge in [0.1, 0.15) is 24.2 Å². The molecule has 0 radical (unpaired) electrons. The lowest BCUT2D eigenvalue weighted by molar-refractivity contribution is 0.110. The number of rotatable bonds is 11. The van der Waals surface area contributed by atoms with Crippen molar-refractivity contribution >= 4 is 16.5 Å². The van der Waals surface area contributed by atoms with Crippen LogP contribution in [0.4, 0.5) is 5.69 Å². The van der Waals surface area contributed by atoms with E-state index in [4.69, 9.17) is 18.9 Å². The molecule has 1 heterocycles. The number of para-hydroxylation sites is 2. The fourth-order valence-corrected chi connectivity index (χ4v) is 4.51. The molecule has 0 amide bonds. The number of methoxy groups -OCH3 is 3. The lowest BCUT2D eigenvalue weighted by atomic mass is 10.1. The molecule has 0 aliphatic rings. The molecule has 0 aliphatic carbocycles. The molecule has 1 unspecified atom stereocenters. The van der Waals surface area contributed by atoms with Crippen LogP contribution in [0.25, 0.3) is 22.0 Å². The summed E-state index contributed by atoms with van der Waals surface area (Å²) >= 11 is 0. The molecule has 0 spiro atoms. The number of aliphatic hydroxyl groups excluding tert-OH is 1. The number of fused-ring (bicyclic) bond motifs is 1. The van der Waals surface area contributed by atoms with Crippen molar-refractivity contribution in [2.75, 3.05) is 45.9 Å². The summed E-state index contributed by atoms with van der Waals surface area (Å²) in [7, 11) is 6.52. The SMILES string of the molecule is CCN(CC(O)COc1ccc(-c2cc3ccc(OC)cc3c(=O)n2C)cc1OC)c1ccccc1OC. The molecule has 38 heavy (non-hydrogen) atoms. The number of pyridine rings is 1. The van der Waals surface area contributed by atoms with Crippen LogP contribution in [-0.4, -0.2) is 56.8 Å². The van der Waals surface area contributed by atoms with Crippen molar-refractivity contribution in [1.29, 1.82) is 0 Å². The zero-order chi connectivity index (χ0) is 27.2. The lowest BCUT2D eigenvalue weighted by Gasteiger charge is -2.27. The van der Waals surface area contributed by atoms with E-state index in [1.165, 1.54) is 0 Å². The Balaban J connectivity index is 1.52. The smallest absolute Gasteiger partial charge is 0.258 e. The number of aromatic nitrogens is 1. The second kappa shape index (κ2) is 11.9. The van der Waals surface area contributed by atoms with Crippen LogP contribution < -0.4 is 29.4 Å². The van der Waals surface area contributed by atoms with Crippen LogP contribution in [0.1, 0.15) is 6.92 Å². The summed E-state index contributed by atoms with van der Waals surface area (Å²) in [5.41, 5.74) is 2.35. The van der Waals surface area contributed by atoms with E-state index >= 15 is 0 Å². The molecular formula is C30H34N2O6. The number of likely N-dealkylation sites (N-methyl/N-ethyl adjacent to an activating group) is 1. The summed E-state index contributed by atoms with van der Waals surface area (Å²) in [6.07, 6.45) is -0.748. The Bertz CT molecular complexity index is 1470. The average molecular weight is 519 g/mol. The van der Waals surface area contributed by atoms with Crippen LogP contribution in [-0.2, 0) is 7.05 Å². The largest absolute Gasteiger partial charge is 0.497 e. The predicted molar refractivity (Wildman–Crippen MR) is 150 cm³/mol. The number of hydrogen-bond acceptors (Lipinski definition) is 7. The average Bonchev–Trinajstić information content (AvgIpc) is 2.96. The fourth-order valence-electron chi connectivity index (χ4n) is 4.51. The number of nitrogens with zero attached hydrogens (tertiary/aromatic N) is 2. The number of benzene rings is 3. The minimum absolute atomic E-state index is 0.0810. The zero-order valence-electron chi connectivity index (χ0n) is 22.4. The molecule has 200 valence electrons. The quantitative estimate of drug-likeness (QED) is 0.313. The van der Waals surface area contributed by atoms with Gasteiger partial charge in [0.2, 0.25) is 0 Å². The molecule has 1 atom stereocenters. The van der Waals surface area contributed by atoms with Crippen molar-refractivity contribution in [3.05, 3.63) is 77.1 Å². The van der Waals surface area contributed by atoms with Gasteiger partial charge in [0.05, 0.1) is 38.1 Å². The molecule has 1 aromatic heterocycles. The minimum Gasteiger partial charge on any atom is -0.497 e. The standard InChI is InChI=1S/C30H34N2O6/c1-6-32(25-9-7-8-10-27(25)36-4)18-22(33)19-38-28-14-12-21(16-29(28)37-5)26-15-20-11-13-23(35-3)17-24(20)30(34)31(26)2/h7-17,22,33H,6,18-19H2,1-5H3. The summed E-state index contributed by atoms with van der Waals surface area (Å²) < 4.78 is 23.9. The van der Waals surface area contributed by atoms with Crippen LogP contribution in [0.5, 0.6) is 23.0 Å². The van der Waals surface area contributed by atoms with Gasteiger partial charge in [0.15, 0.2) is 11.5 Å². The van der Waals surface area contributed by atoms with Gasteiger partial charge in [-0.25, -0.2) is 0 Å². The normalized spacial score (nSPS) is 11.7. The van der Waals surface area contributed by atoms with Crippen molar-refractivity contribution in [2.45, 2.75) is 13.0 Å². The molecule has 0 fully saturated rings. The highest BCUT2D eigenvalue weighted by Crippen LogP contribution is 2.34.